The van der Waals surface area contributed by atoms with Gasteiger partial charge in [0.25, 0.3) is 0 Å². The molecule has 0 saturated carbocycles. The molecule has 46 valence electrons. The molecule has 0 heterocycles. The summed E-state index contributed by atoms with van der Waals surface area (Å²) >= 11 is 10.9. The molecule has 0 unspecified atom stereocenters. The van der Waals surface area contributed by atoms with Crippen LogP contribution in [0, 0.1) is 0 Å². The van der Waals surface area contributed by atoms with Crippen LogP contribution in [0.25, 0.3) is 0 Å². The van der Waals surface area contributed by atoms with Gasteiger partial charge < -0.3 is 0 Å². The summed E-state index contributed by atoms with van der Waals surface area (Å²) < 4.78 is 19.4. The van der Waals surface area contributed by atoms with Crippen LogP contribution in [0.15, 0.2) is 0 Å². The standard InChI is InChI=1S/3ClHO.Ti/c3*1-2;/h3*2H;. The van der Waals surface area contributed by atoms with Crippen molar-refractivity contribution in [3.8, 4) is 0 Å². The zero-order valence-electron chi connectivity index (χ0n) is 2.98. The van der Waals surface area contributed by atoms with Crippen molar-refractivity contribution in [2.24, 2.45) is 0 Å². The molecule has 0 saturated heterocycles. The fourth-order valence-electron chi connectivity index (χ4n) is 0. The first-order valence-electron chi connectivity index (χ1n) is 0.507. The summed E-state index contributed by atoms with van der Waals surface area (Å²) in [6, 6.07) is 0. The van der Waals surface area contributed by atoms with Crippen molar-refractivity contribution in [1.82, 2.24) is 0 Å². The second-order valence-corrected chi connectivity index (χ2v) is 0. The number of hydrogen-bond acceptors (Lipinski definition) is 3. The van der Waals surface area contributed by atoms with Crippen LogP contribution in [-0.4, -0.2) is 14.0 Å². The minimum atomic E-state index is 0. The first kappa shape index (κ1) is 23.7. The van der Waals surface area contributed by atoms with Gasteiger partial charge in [-0.3, -0.25) is 14.0 Å². The van der Waals surface area contributed by atoms with Crippen LogP contribution < -0.4 is 0 Å². The largest absolute Gasteiger partial charge is 0.295 e. The second-order valence-electron chi connectivity index (χ2n) is 0. The molecular weight excluding hydrogens is 202 g/mol. The Balaban J connectivity index is -0.00000000900. The maximum Gasteiger partial charge on any atom is 0.0579 e. The van der Waals surface area contributed by atoms with Crippen LogP contribution >= 0.6 is 35.6 Å². The predicted octanol–water partition coefficient (Wildman–Crippen LogP) is 0.395. The quantitative estimate of drug-likeness (QED) is 0.501. The Labute approximate surface area is 71.2 Å². The SMILES string of the molecule is OCl.OCl.OCl.[Ti]. The van der Waals surface area contributed by atoms with E-state index in [0.717, 1.165) is 0 Å². The van der Waals surface area contributed by atoms with E-state index >= 15 is 0 Å². The average Bonchev–Trinajstić information content (AvgIpc) is 1.81. The van der Waals surface area contributed by atoms with Crippen molar-refractivity contribution < 1.29 is 35.7 Å². The van der Waals surface area contributed by atoms with Gasteiger partial charge in [-0.1, -0.05) is 0 Å². The molecule has 0 aliphatic heterocycles. The summed E-state index contributed by atoms with van der Waals surface area (Å²) in [7, 11) is 0. The normalized spacial score (nSPS) is 2.57. The Morgan fingerprint density at radius 3 is 0.571 bits per heavy atom. The van der Waals surface area contributed by atoms with Crippen molar-refractivity contribution in [3.05, 3.63) is 0 Å². The molecule has 3 nitrogen and oxygen atoms in total. The third kappa shape index (κ3) is 104. The predicted molar refractivity (Wildman–Crippen MR) is 24.2 cm³/mol. The third-order valence-electron chi connectivity index (χ3n) is 0. The molecule has 0 aromatic carbocycles. The Kier molecular flexibility index (Phi) is 492. The van der Waals surface area contributed by atoms with Crippen molar-refractivity contribution in [1.29, 1.82) is 0 Å². The molecule has 0 spiro atoms. The van der Waals surface area contributed by atoms with Crippen LogP contribution in [0.3, 0.4) is 0 Å². The van der Waals surface area contributed by atoms with Crippen molar-refractivity contribution in [2.45, 2.75) is 0 Å². The van der Waals surface area contributed by atoms with E-state index in [-0.39, 0.29) is 21.7 Å². The summed E-state index contributed by atoms with van der Waals surface area (Å²) in [5.41, 5.74) is 0. The van der Waals surface area contributed by atoms with Gasteiger partial charge in [-0.25, -0.2) is 0 Å². The van der Waals surface area contributed by atoms with Gasteiger partial charge in [-0.05, 0) is 0 Å². The number of rotatable bonds is 0. The number of halogens is 3. The third-order valence-corrected chi connectivity index (χ3v) is 0. The van der Waals surface area contributed by atoms with E-state index < -0.39 is 0 Å². The van der Waals surface area contributed by atoms with Crippen LogP contribution in [0.4, 0.5) is 0 Å². The van der Waals surface area contributed by atoms with Gasteiger partial charge in [0.05, 0.1) is 35.6 Å². The topological polar surface area (TPSA) is 60.7 Å². The van der Waals surface area contributed by atoms with E-state index in [4.69, 9.17) is 14.0 Å². The van der Waals surface area contributed by atoms with Gasteiger partial charge in [0.1, 0.15) is 0 Å². The van der Waals surface area contributed by atoms with Crippen molar-refractivity contribution >= 4 is 35.6 Å². The minimum Gasteiger partial charge on any atom is -0.295 e. The van der Waals surface area contributed by atoms with Crippen LogP contribution in [0.1, 0.15) is 0 Å². The van der Waals surface area contributed by atoms with Crippen molar-refractivity contribution in [3.63, 3.8) is 0 Å². The van der Waals surface area contributed by atoms with E-state index in [1.165, 1.54) is 0 Å². The molecule has 0 fully saturated rings. The summed E-state index contributed by atoms with van der Waals surface area (Å²) in [5.74, 6) is 0. The Morgan fingerprint density at radius 1 is 0.571 bits per heavy atom. The van der Waals surface area contributed by atoms with Gasteiger partial charge in [0.2, 0.25) is 0 Å². The molecule has 0 rings (SSSR count). The van der Waals surface area contributed by atoms with Gasteiger partial charge in [0, 0.05) is 21.7 Å². The minimum absolute atomic E-state index is 0. The molecule has 0 aromatic heterocycles. The van der Waals surface area contributed by atoms with Crippen LogP contribution in [0.2, 0.25) is 0 Å². The molecular formula is H3Cl3O3Ti. The summed E-state index contributed by atoms with van der Waals surface area (Å²) in [6.07, 6.45) is 0. The van der Waals surface area contributed by atoms with Crippen molar-refractivity contribution in [2.75, 3.05) is 0 Å². The Bertz CT molecular complexity index is 10.1. The average molecular weight is 205 g/mol. The molecule has 0 bridgehead atoms. The fraction of sp³-hybridized carbons (Fsp3) is 0. The summed E-state index contributed by atoms with van der Waals surface area (Å²) in [6.45, 7) is 0. The van der Waals surface area contributed by atoms with E-state index in [0.29, 0.717) is 0 Å². The van der Waals surface area contributed by atoms with Crippen LogP contribution in [-0.2, 0) is 21.7 Å². The fourth-order valence-corrected chi connectivity index (χ4v) is 0. The summed E-state index contributed by atoms with van der Waals surface area (Å²) in [4.78, 5) is 0. The smallest absolute Gasteiger partial charge is 0.0579 e. The number of hydrogen-bond donors (Lipinski definition) is 3. The molecule has 0 aromatic rings. The summed E-state index contributed by atoms with van der Waals surface area (Å²) in [5, 5.41) is 0. The zero-order valence-corrected chi connectivity index (χ0v) is 6.80. The van der Waals surface area contributed by atoms with E-state index in [1.54, 1.807) is 0 Å². The van der Waals surface area contributed by atoms with E-state index in [1.807, 2.05) is 0 Å². The molecule has 0 amide bonds. The molecule has 0 aliphatic rings. The maximum atomic E-state index is 6.47. The maximum absolute atomic E-state index is 6.47. The Morgan fingerprint density at radius 2 is 0.571 bits per heavy atom. The second kappa shape index (κ2) is 145. The molecule has 7 heteroatoms. The Hall–Kier alpha value is 1.46. The molecule has 0 atom stereocenters. The van der Waals surface area contributed by atoms with E-state index in [9.17, 15) is 0 Å². The first-order chi connectivity index (χ1) is 3.00. The molecule has 0 radical (unpaired) electrons. The first-order valence-corrected chi connectivity index (χ1v) is 1.52. The van der Waals surface area contributed by atoms with E-state index in [2.05, 4.69) is 35.6 Å². The monoisotopic (exact) mass is 204 g/mol. The molecule has 7 heavy (non-hydrogen) atoms. The molecule has 3 N–H and O–H groups in total. The zero-order chi connectivity index (χ0) is 6.00. The van der Waals surface area contributed by atoms with Crippen LogP contribution in [0.5, 0.6) is 0 Å². The molecule has 0 aliphatic carbocycles. The van der Waals surface area contributed by atoms with Gasteiger partial charge in [-0.15, -0.1) is 0 Å². The van der Waals surface area contributed by atoms with Gasteiger partial charge in [-0.2, -0.15) is 0 Å². The van der Waals surface area contributed by atoms with Gasteiger partial charge in [0.15, 0.2) is 0 Å². The van der Waals surface area contributed by atoms with Gasteiger partial charge >= 0.3 is 0 Å².